The minimum absolute atomic E-state index is 0.00139. The molecule has 10 heteroatoms. The van der Waals surface area contributed by atoms with E-state index < -0.39 is 10.8 Å². The van der Waals surface area contributed by atoms with Crippen molar-refractivity contribution in [1.29, 1.82) is 0 Å². The lowest BCUT2D eigenvalue weighted by Gasteiger charge is -2.04. The number of nitrogen functional groups attached to an aromatic ring is 1. The maximum atomic E-state index is 12.0. The Hall–Kier alpha value is -2.46. The van der Waals surface area contributed by atoms with Gasteiger partial charge in [-0.05, 0) is 34.1 Å². The minimum Gasteiger partial charge on any atom is -0.506 e. The van der Waals surface area contributed by atoms with Crippen molar-refractivity contribution in [3.05, 3.63) is 60.5 Å². The Balaban J connectivity index is 2.18. The fourth-order valence-corrected chi connectivity index (χ4v) is 3.04. The van der Waals surface area contributed by atoms with Gasteiger partial charge in [0, 0.05) is 27.9 Å². The molecule has 8 nitrogen and oxygen atoms in total. The van der Waals surface area contributed by atoms with Crippen molar-refractivity contribution in [2.45, 2.75) is 0 Å². The molecule has 2 aromatic carbocycles. The Morgan fingerprint density at radius 2 is 2.00 bits per heavy atom. The number of amides is 1. The number of anilines is 1. The number of rotatable bonds is 4. The number of hydrazone groups is 1. The van der Waals surface area contributed by atoms with Crippen LogP contribution in [0.4, 0.5) is 11.4 Å². The largest absolute Gasteiger partial charge is 0.506 e. The third-order valence-corrected chi connectivity index (χ3v) is 3.90. The number of hydrogen-bond donors (Lipinski definition) is 3. The molecule has 0 aliphatic rings. The standard InChI is InChI=1S/C14H10Br2N4O4/c15-9-1-8(13(21)12(16)4-9)6-18-19-14(22)7-2-10(17)5-11(3-7)20(23)24/h1-6,21H,17H2,(H,19,22)/b18-6-. The first-order valence-electron chi connectivity index (χ1n) is 6.34. The number of halogens is 2. The van der Waals surface area contributed by atoms with Gasteiger partial charge in [0.05, 0.1) is 21.2 Å². The molecule has 2 aromatic rings. The third kappa shape index (κ3) is 4.30. The number of phenolic OH excluding ortho intramolecular Hbond substituents is 1. The van der Waals surface area contributed by atoms with Crippen LogP contribution in [-0.2, 0) is 0 Å². The number of non-ortho nitro benzene ring substituents is 1. The monoisotopic (exact) mass is 456 g/mol. The van der Waals surface area contributed by atoms with Crippen LogP contribution in [0.2, 0.25) is 0 Å². The van der Waals surface area contributed by atoms with Crippen LogP contribution < -0.4 is 11.2 Å². The highest BCUT2D eigenvalue weighted by molar-refractivity contribution is 9.11. The molecular formula is C14H10Br2N4O4. The van der Waals surface area contributed by atoms with E-state index in [1.807, 2.05) is 0 Å². The normalized spacial score (nSPS) is 10.8. The summed E-state index contributed by atoms with van der Waals surface area (Å²) in [7, 11) is 0. The number of nitro benzene ring substituents is 1. The Labute approximate surface area is 152 Å². The lowest BCUT2D eigenvalue weighted by atomic mass is 10.1. The first kappa shape index (κ1) is 17.9. The van der Waals surface area contributed by atoms with Crippen molar-refractivity contribution < 1.29 is 14.8 Å². The van der Waals surface area contributed by atoms with Gasteiger partial charge in [-0.3, -0.25) is 14.9 Å². The zero-order valence-electron chi connectivity index (χ0n) is 11.9. The third-order valence-electron chi connectivity index (χ3n) is 2.84. The first-order chi connectivity index (χ1) is 11.3. The number of nitrogens with zero attached hydrogens (tertiary/aromatic N) is 2. The van der Waals surface area contributed by atoms with E-state index in [-0.39, 0.29) is 22.7 Å². The molecule has 0 saturated carbocycles. The van der Waals surface area contributed by atoms with Crippen LogP contribution in [0.3, 0.4) is 0 Å². The highest BCUT2D eigenvalue weighted by Gasteiger charge is 2.13. The van der Waals surface area contributed by atoms with Gasteiger partial charge in [0.15, 0.2) is 0 Å². The van der Waals surface area contributed by atoms with Crippen molar-refractivity contribution in [3.63, 3.8) is 0 Å². The Bertz CT molecular complexity index is 855. The summed E-state index contributed by atoms with van der Waals surface area (Å²) in [4.78, 5) is 22.1. The molecule has 0 unspecified atom stereocenters. The Morgan fingerprint density at radius 3 is 2.67 bits per heavy atom. The number of aromatic hydroxyl groups is 1. The Morgan fingerprint density at radius 1 is 1.29 bits per heavy atom. The molecule has 4 N–H and O–H groups in total. The predicted molar refractivity (Wildman–Crippen MR) is 96.1 cm³/mol. The molecule has 124 valence electrons. The van der Waals surface area contributed by atoms with Gasteiger partial charge in [0.1, 0.15) is 5.75 Å². The molecule has 0 heterocycles. The van der Waals surface area contributed by atoms with Gasteiger partial charge in [-0.25, -0.2) is 5.43 Å². The first-order valence-corrected chi connectivity index (χ1v) is 7.93. The number of carbonyl (C=O) groups excluding carboxylic acids is 1. The van der Waals surface area contributed by atoms with E-state index in [0.29, 0.717) is 14.5 Å². The summed E-state index contributed by atoms with van der Waals surface area (Å²) in [6.07, 6.45) is 1.24. The smallest absolute Gasteiger partial charge is 0.272 e. The average molecular weight is 458 g/mol. The summed E-state index contributed by atoms with van der Waals surface area (Å²) < 4.78 is 1.16. The van der Waals surface area contributed by atoms with Crippen molar-refractivity contribution in [1.82, 2.24) is 5.43 Å². The van der Waals surface area contributed by atoms with Crippen molar-refractivity contribution in [2.75, 3.05) is 5.73 Å². The summed E-state index contributed by atoms with van der Waals surface area (Å²) in [5.41, 5.74) is 7.91. The summed E-state index contributed by atoms with van der Waals surface area (Å²) in [5, 5.41) is 24.4. The Kier molecular flexibility index (Phi) is 5.52. The van der Waals surface area contributed by atoms with Crippen LogP contribution in [0.1, 0.15) is 15.9 Å². The van der Waals surface area contributed by atoms with Crippen molar-refractivity contribution in [3.8, 4) is 5.75 Å². The van der Waals surface area contributed by atoms with E-state index in [9.17, 15) is 20.0 Å². The summed E-state index contributed by atoms with van der Waals surface area (Å²) in [6.45, 7) is 0. The van der Waals surface area contributed by atoms with E-state index in [2.05, 4.69) is 42.4 Å². The van der Waals surface area contributed by atoms with E-state index in [1.54, 1.807) is 12.1 Å². The molecule has 0 aliphatic heterocycles. The predicted octanol–water partition coefficient (Wildman–Crippen LogP) is 3.17. The van der Waals surface area contributed by atoms with E-state index in [4.69, 9.17) is 5.73 Å². The van der Waals surface area contributed by atoms with Gasteiger partial charge in [-0.15, -0.1) is 0 Å². The van der Waals surface area contributed by atoms with Crippen LogP contribution in [0.5, 0.6) is 5.75 Å². The molecule has 0 spiro atoms. The van der Waals surface area contributed by atoms with Crippen LogP contribution in [-0.4, -0.2) is 22.2 Å². The second-order valence-corrected chi connectivity index (χ2v) is 6.36. The topological polar surface area (TPSA) is 131 Å². The maximum absolute atomic E-state index is 12.0. The second kappa shape index (κ2) is 7.41. The number of phenols is 1. The lowest BCUT2D eigenvalue weighted by molar-refractivity contribution is -0.384. The van der Waals surface area contributed by atoms with Gasteiger partial charge in [-0.2, -0.15) is 5.10 Å². The molecule has 24 heavy (non-hydrogen) atoms. The number of nitrogens with one attached hydrogen (secondary N) is 1. The molecular weight excluding hydrogens is 448 g/mol. The van der Waals surface area contributed by atoms with Crippen LogP contribution in [0.25, 0.3) is 0 Å². The highest BCUT2D eigenvalue weighted by Crippen LogP contribution is 2.30. The molecule has 0 bridgehead atoms. The summed E-state index contributed by atoms with van der Waals surface area (Å²) >= 11 is 6.44. The number of nitro groups is 1. The van der Waals surface area contributed by atoms with Crippen molar-refractivity contribution >= 4 is 55.4 Å². The van der Waals surface area contributed by atoms with E-state index in [0.717, 1.165) is 12.1 Å². The SMILES string of the molecule is Nc1cc(C(=O)N/N=C\c2cc(Br)cc(Br)c2O)cc([N+](=O)[O-])c1. The van der Waals surface area contributed by atoms with Gasteiger partial charge in [0.25, 0.3) is 11.6 Å². The molecule has 2 rings (SSSR count). The summed E-state index contributed by atoms with van der Waals surface area (Å²) in [6, 6.07) is 6.79. The molecule has 0 aromatic heterocycles. The fraction of sp³-hybridized carbons (Fsp3) is 0. The number of carbonyl (C=O) groups is 1. The van der Waals surface area contributed by atoms with Crippen LogP contribution in [0.15, 0.2) is 44.4 Å². The summed E-state index contributed by atoms with van der Waals surface area (Å²) in [5.74, 6) is -0.717. The zero-order chi connectivity index (χ0) is 17.9. The molecule has 0 saturated heterocycles. The zero-order valence-corrected chi connectivity index (χ0v) is 15.0. The fourth-order valence-electron chi connectivity index (χ4n) is 1.78. The van der Waals surface area contributed by atoms with Gasteiger partial charge in [-0.1, -0.05) is 15.9 Å². The van der Waals surface area contributed by atoms with Gasteiger partial charge >= 0.3 is 0 Å². The van der Waals surface area contributed by atoms with Gasteiger partial charge < -0.3 is 10.8 Å². The minimum atomic E-state index is -0.671. The lowest BCUT2D eigenvalue weighted by Crippen LogP contribution is -2.18. The van der Waals surface area contributed by atoms with Crippen molar-refractivity contribution in [2.24, 2.45) is 5.10 Å². The second-order valence-electron chi connectivity index (χ2n) is 4.59. The van der Waals surface area contributed by atoms with Crippen LogP contribution in [0, 0.1) is 10.1 Å². The number of benzene rings is 2. The van der Waals surface area contributed by atoms with E-state index >= 15 is 0 Å². The van der Waals surface area contributed by atoms with Gasteiger partial charge in [0.2, 0.25) is 0 Å². The molecule has 0 aliphatic carbocycles. The quantitative estimate of drug-likeness (QED) is 0.281. The average Bonchev–Trinajstić information content (AvgIpc) is 2.51. The molecule has 0 atom stereocenters. The highest BCUT2D eigenvalue weighted by atomic mass is 79.9. The molecule has 0 fully saturated rings. The number of nitrogens with two attached hydrogens (primary N) is 1. The molecule has 0 radical (unpaired) electrons. The number of hydrogen-bond acceptors (Lipinski definition) is 6. The maximum Gasteiger partial charge on any atom is 0.272 e. The van der Waals surface area contributed by atoms with E-state index in [1.165, 1.54) is 12.3 Å². The van der Waals surface area contributed by atoms with Crippen LogP contribution >= 0.6 is 31.9 Å². The molecule has 1 amide bonds.